The Kier molecular flexibility index (Phi) is 4.28. The molecule has 0 fully saturated rings. The highest BCUT2D eigenvalue weighted by Crippen LogP contribution is 2.37. The summed E-state index contributed by atoms with van der Waals surface area (Å²) in [6.45, 7) is 0. The van der Waals surface area contributed by atoms with E-state index in [1.165, 1.54) is 12.3 Å². The zero-order valence-electron chi connectivity index (χ0n) is 14.1. The molecule has 1 N–H and O–H groups in total. The van der Waals surface area contributed by atoms with Gasteiger partial charge in [0, 0.05) is 34.6 Å². The summed E-state index contributed by atoms with van der Waals surface area (Å²) in [5.74, 6) is 0. The maximum absolute atomic E-state index is 13.3. The van der Waals surface area contributed by atoms with E-state index >= 15 is 0 Å². The van der Waals surface area contributed by atoms with Crippen molar-refractivity contribution in [2.75, 3.05) is 5.32 Å². The molecule has 1 aromatic heterocycles. The second kappa shape index (κ2) is 6.76. The van der Waals surface area contributed by atoms with Crippen LogP contribution in [-0.4, -0.2) is 4.98 Å². The van der Waals surface area contributed by atoms with Gasteiger partial charge in [0.25, 0.3) is 0 Å². The number of nitrogens with zero attached hydrogens (tertiary/aromatic N) is 1. The highest BCUT2D eigenvalue weighted by atomic mass is 19.4. The molecule has 5 heteroatoms. The summed E-state index contributed by atoms with van der Waals surface area (Å²) >= 11 is 0. The molecular weight excluding hydrogens is 349 g/mol. The number of fused-ring (bicyclic) bond motifs is 1. The van der Waals surface area contributed by atoms with E-state index in [2.05, 4.69) is 16.4 Å². The molecule has 3 aromatic carbocycles. The first-order valence-corrected chi connectivity index (χ1v) is 8.31. The van der Waals surface area contributed by atoms with Gasteiger partial charge < -0.3 is 5.32 Å². The Morgan fingerprint density at radius 2 is 1.56 bits per heavy atom. The standard InChI is InChI=1S/C22H14F3N2/c23-22(24,25)20-11-5-10-19-18(12-13-26-21(19)20)15-6-4-9-17(14-15)27-16-7-2-1-3-8-16/h1-11,13-14,27H. The molecule has 1 heterocycles. The van der Waals surface area contributed by atoms with E-state index in [0.717, 1.165) is 23.0 Å². The Morgan fingerprint density at radius 3 is 2.33 bits per heavy atom. The third-order valence-electron chi connectivity index (χ3n) is 4.23. The number of hydrogen-bond donors (Lipinski definition) is 1. The molecule has 0 saturated heterocycles. The van der Waals surface area contributed by atoms with Gasteiger partial charge >= 0.3 is 6.18 Å². The van der Waals surface area contributed by atoms with E-state index in [4.69, 9.17) is 0 Å². The maximum atomic E-state index is 13.3. The van der Waals surface area contributed by atoms with Crippen LogP contribution in [0, 0.1) is 6.07 Å². The lowest BCUT2D eigenvalue weighted by molar-refractivity contribution is -0.136. The van der Waals surface area contributed by atoms with Crippen LogP contribution in [0.15, 0.2) is 79.0 Å². The first-order valence-electron chi connectivity index (χ1n) is 8.31. The molecule has 27 heavy (non-hydrogen) atoms. The molecular formula is C22H14F3N2. The second-order valence-electron chi connectivity index (χ2n) is 6.05. The first kappa shape index (κ1) is 17.1. The smallest absolute Gasteiger partial charge is 0.356 e. The molecule has 2 nitrogen and oxygen atoms in total. The molecule has 1 radical (unpaired) electrons. The summed E-state index contributed by atoms with van der Waals surface area (Å²) in [7, 11) is 0. The summed E-state index contributed by atoms with van der Waals surface area (Å²) in [4.78, 5) is 3.93. The van der Waals surface area contributed by atoms with Crippen LogP contribution in [0.4, 0.5) is 24.5 Å². The molecule has 0 aliphatic heterocycles. The van der Waals surface area contributed by atoms with Crippen molar-refractivity contribution < 1.29 is 13.2 Å². The van der Waals surface area contributed by atoms with E-state index in [1.807, 2.05) is 54.6 Å². The van der Waals surface area contributed by atoms with Crippen LogP contribution in [0.5, 0.6) is 0 Å². The minimum Gasteiger partial charge on any atom is -0.356 e. The number of anilines is 2. The van der Waals surface area contributed by atoms with Crippen LogP contribution < -0.4 is 5.32 Å². The van der Waals surface area contributed by atoms with E-state index in [1.54, 1.807) is 6.07 Å². The Bertz CT molecular complexity index is 1090. The van der Waals surface area contributed by atoms with Gasteiger partial charge in [0.05, 0.1) is 11.1 Å². The number of rotatable bonds is 3. The second-order valence-corrected chi connectivity index (χ2v) is 6.05. The molecule has 0 unspecified atom stereocenters. The monoisotopic (exact) mass is 363 g/mol. The maximum Gasteiger partial charge on any atom is 0.418 e. The van der Waals surface area contributed by atoms with Crippen LogP contribution in [0.25, 0.3) is 22.0 Å². The fraction of sp³-hybridized carbons (Fsp3) is 0.0455. The predicted molar refractivity (Wildman–Crippen MR) is 101 cm³/mol. The van der Waals surface area contributed by atoms with Crippen LogP contribution in [0.3, 0.4) is 0 Å². The van der Waals surface area contributed by atoms with Gasteiger partial charge in [-0.1, -0.05) is 42.5 Å². The van der Waals surface area contributed by atoms with Crippen LogP contribution in [0.1, 0.15) is 5.56 Å². The zero-order valence-corrected chi connectivity index (χ0v) is 14.1. The third-order valence-corrected chi connectivity index (χ3v) is 4.23. The van der Waals surface area contributed by atoms with Gasteiger partial charge in [-0.3, -0.25) is 4.98 Å². The molecule has 4 rings (SSSR count). The van der Waals surface area contributed by atoms with Gasteiger partial charge in [-0.05, 0) is 35.9 Å². The van der Waals surface area contributed by atoms with Crippen molar-refractivity contribution in [3.63, 3.8) is 0 Å². The highest BCUT2D eigenvalue weighted by molar-refractivity contribution is 5.96. The van der Waals surface area contributed by atoms with Gasteiger partial charge in [0.15, 0.2) is 0 Å². The van der Waals surface area contributed by atoms with Gasteiger partial charge in [0.2, 0.25) is 0 Å². The molecule has 4 aromatic rings. The lowest BCUT2D eigenvalue weighted by Crippen LogP contribution is -2.06. The Balaban J connectivity index is 1.80. The summed E-state index contributed by atoms with van der Waals surface area (Å²) in [6, 6.07) is 24.2. The molecule has 0 saturated carbocycles. The SMILES string of the molecule is FC(F)(F)c1cccc2c(-c3cccc(Nc4ccccc4)c3)[c]cnc12. The van der Waals surface area contributed by atoms with Crippen molar-refractivity contribution in [1.82, 2.24) is 4.98 Å². The molecule has 0 aliphatic rings. The van der Waals surface area contributed by atoms with Crippen molar-refractivity contribution in [1.29, 1.82) is 0 Å². The highest BCUT2D eigenvalue weighted by Gasteiger charge is 2.33. The average Bonchev–Trinajstić information content (AvgIpc) is 2.67. The van der Waals surface area contributed by atoms with Crippen molar-refractivity contribution >= 4 is 22.3 Å². The summed E-state index contributed by atoms with van der Waals surface area (Å²) in [5.41, 5.74) is 2.31. The quantitative estimate of drug-likeness (QED) is 0.451. The first-order chi connectivity index (χ1) is 13.0. The van der Waals surface area contributed by atoms with Crippen molar-refractivity contribution in [2.24, 2.45) is 0 Å². The normalized spacial score (nSPS) is 11.5. The molecule has 0 aliphatic carbocycles. The van der Waals surface area contributed by atoms with Crippen LogP contribution in [0.2, 0.25) is 0 Å². The van der Waals surface area contributed by atoms with Crippen LogP contribution >= 0.6 is 0 Å². The lowest BCUT2D eigenvalue weighted by Gasteiger charge is -2.13. The van der Waals surface area contributed by atoms with E-state index in [-0.39, 0.29) is 5.52 Å². The van der Waals surface area contributed by atoms with Crippen molar-refractivity contribution in [3.05, 3.63) is 90.6 Å². The Morgan fingerprint density at radius 1 is 0.815 bits per heavy atom. The number of benzene rings is 3. The molecule has 133 valence electrons. The van der Waals surface area contributed by atoms with Crippen molar-refractivity contribution in [2.45, 2.75) is 6.18 Å². The predicted octanol–water partition coefficient (Wildman–Crippen LogP) is 6.46. The average molecular weight is 363 g/mol. The van der Waals surface area contributed by atoms with Gasteiger partial charge in [-0.15, -0.1) is 0 Å². The van der Waals surface area contributed by atoms with E-state index in [9.17, 15) is 13.2 Å². The zero-order chi connectivity index (χ0) is 18.9. The topological polar surface area (TPSA) is 24.9 Å². The van der Waals surface area contributed by atoms with E-state index < -0.39 is 11.7 Å². The van der Waals surface area contributed by atoms with Gasteiger partial charge in [-0.25, -0.2) is 0 Å². The summed E-state index contributed by atoms with van der Waals surface area (Å²) in [5, 5.41) is 3.71. The fourth-order valence-corrected chi connectivity index (χ4v) is 3.03. The van der Waals surface area contributed by atoms with Crippen LogP contribution in [-0.2, 0) is 6.18 Å². The number of alkyl halides is 3. The lowest BCUT2D eigenvalue weighted by atomic mass is 9.99. The molecule has 0 spiro atoms. The Hall–Kier alpha value is -3.34. The summed E-state index contributed by atoms with van der Waals surface area (Å²) in [6.07, 6.45) is -3.16. The van der Waals surface area contributed by atoms with Gasteiger partial charge in [-0.2, -0.15) is 13.2 Å². The summed E-state index contributed by atoms with van der Waals surface area (Å²) < 4.78 is 39.9. The molecule has 0 bridgehead atoms. The number of halogens is 3. The fourth-order valence-electron chi connectivity index (χ4n) is 3.03. The largest absolute Gasteiger partial charge is 0.418 e. The number of hydrogen-bond acceptors (Lipinski definition) is 2. The molecule has 0 atom stereocenters. The number of nitrogens with one attached hydrogen (secondary N) is 1. The van der Waals surface area contributed by atoms with E-state index in [0.29, 0.717) is 10.9 Å². The van der Waals surface area contributed by atoms with Gasteiger partial charge in [0.1, 0.15) is 0 Å². The number of para-hydroxylation sites is 2. The third kappa shape index (κ3) is 3.49. The molecule has 0 amide bonds. The number of aromatic nitrogens is 1. The minimum absolute atomic E-state index is 0.0693. The minimum atomic E-state index is -4.46. The number of pyridine rings is 1. The van der Waals surface area contributed by atoms with Crippen molar-refractivity contribution in [3.8, 4) is 11.1 Å². The Labute approximate surface area is 154 Å².